The van der Waals surface area contributed by atoms with Gasteiger partial charge in [-0.1, -0.05) is 12.1 Å². The Labute approximate surface area is 135 Å². The van der Waals surface area contributed by atoms with E-state index in [1.165, 1.54) is 16.7 Å². The third-order valence-corrected chi connectivity index (χ3v) is 2.74. The molecule has 1 nitrogen and oxygen atoms in total. The molecule has 2 aromatic carbocycles. The molecule has 0 aromatic heterocycles. The molecule has 3 heteroatoms. The third kappa shape index (κ3) is 4.63. The molecule has 0 aliphatic carbocycles. The largest absolute Gasteiger partial charge is 2.00 e. The number of rotatable bonds is 3. The van der Waals surface area contributed by atoms with Gasteiger partial charge in [-0.2, -0.15) is 30.3 Å². The number of ether oxygens (including phenoxy) is 1. The molecular formula is C15H15BrMgO. The van der Waals surface area contributed by atoms with E-state index < -0.39 is 0 Å². The first-order valence-electron chi connectivity index (χ1n) is 5.41. The Bertz CT molecular complexity index is 471. The molecule has 0 heterocycles. The standard InChI is InChI=1S/C15H15O.BrH.Mg/c1-12-7-6-10-15(13(12)2)16-11-14-8-4-3-5-9-14;;/h4-10H,11H2,1-2H3;1H;/q-1;;+2/p-1. The van der Waals surface area contributed by atoms with Crippen molar-refractivity contribution in [2.75, 3.05) is 0 Å². The van der Waals surface area contributed by atoms with Gasteiger partial charge in [-0.3, -0.25) is 0 Å². The molecule has 0 amide bonds. The minimum atomic E-state index is 0. The molecule has 0 saturated heterocycles. The summed E-state index contributed by atoms with van der Waals surface area (Å²) in [6, 6.07) is 17.0. The van der Waals surface area contributed by atoms with Crippen LogP contribution in [-0.2, 0) is 6.61 Å². The number of benzene rings is 2. The SMILES string of the molecule is Cc1cccc(OCc2cc[c-]cc2)c1C.[Br-].[Mg+2]. The summed E-state index contributed by atoms with van der Waals surface area (Å²) in [6.07, 6.45) is 0. The summed E-state index contributed by atoms with van der Waals surface area (Å²) >= 11 is 0. The smallest absolute Gasteiger partial charge is 1.00 e. The van der Waals surface area contributed by atoms with Gasteiger partial charge in [0.2, 0.25) is 0 Å². The Hall–Kier alpha value is -0.514. The van der Waals surface area contributed by atoms with E-state index in [1.807, 2.05) is 36.4 Å². The molecule has 2 rings (SSSR count). The molecule has 0 aliphatic heterocycles. The van der Waals surface area contributed by atoms with E-state index in [-0.39, 0.29) is 40.0 Å². The van der Waals surface area contributed by atoms with Gasteiger partial charge in [-0.15, -0.1) is 5.56 Å². The molecule has 0 bridgehead atoms. The maximum atomic E-state index is 5.79. The third-order valence-electron chi connectivity index (χ3n) is 2.74. The van der Waals surface area contributed by atoms with E-state index in [2.05, 4.69) is 26.0 Å². The Morgan fingerprint density at radius 2 is 1.72 bits per heavy atom. The Kier molecular flexibility index (Phi) is 8.32. The zero-order valence-electron chi connectivity index (χ0n) is 10.7. The summed E-state index contributed by atoms with van der Waals surface area (Å²) in [5, 5.41) is 0. The molecule has 0 spiro atoms. The van der Waals surface area contributed by atoms with Crippen LogP contribution in [0.5, 0.6) is 5.75 Å². The summed E-state index contributed by atoms with van der Waals surface area (Å²) < 4.78 is 5.79. The fourth-order valence-electron chi connectivity index (χ4n) is 1.56. The van der Waals surface area contributed by atoms with Gasteiger partial charge in [0, 0.05) is 0 Å². The molecule has 90 valence electrons. The first kappa shape index (κ1) is 17.5. The van der Waals surface area contributed by atoms with Gasteiger partial charge in [0.1, 0.15) is 5.75 Å². The zero-order chi connectivity index (χ0) is 11.4. The topological polar surface area (TPSA) is 9.23 Å². The van der Waals surface area contributed by atoms with E-state index in [1.54, 1.807) is 0 Å². The predicted octanol–water partition coefficient (Wildman–Crippen LogP) is 0.306. The predicted molar refractivity (Wildman–Crippen MR) is 71.3 cm³/mol. The minimum absolute atomic E-state index is 0. The first-order chi connectivity index (χ1) is 7.77. The van der Waals surface area contributed by atoms with Crippen molar-refractivity contribution in [2.24, 2.45) is 0 Å². The maximum Gasteiger partial charge on any atom is 2.00 e. The summed E-state index contributed by atoms with van der Waals surface area (Å²) in [6.45, 7) is 4.79. The molecule has 0 fully saturated rings. The van der Waals surface area contributed by atoms with Gasteiger partial charge in [-0.05, 0) is 31.0 Å². The zero-order valence-corrected chi connectivity index (χ0v) is 13.7. The van der Waals surface area contributed by atoms with Gasteiger partial charge in [0.05, 0.1) is 6.61 Å². The summed E-state index contributed by atoms with van der Waals surface area (Å²) in [4.78, 5) is 0. The molecule has 0 aliphatic rings. The van der Waals surface area contributed by atoms with E-state index in [0.717, 1.165) is 5.75 Å². The van der Waals surface area contributed by atoms with Crippen molar-refractivity contribution < 1.29 is 21.7 Å². The first-order valence-corrected chi connectivity index (χ1v) is 5.41. The summed E-state index contributed by atoms with van der Waals surface area (Å²) in [5.41, 5.74) is 3.64. The normalized spacial score (nSPS) is 9.00. The number of aryl methyl sites for hydroxylation is 1. The Morgan fingerprint density at radius 1 is 1.06 bits per heavy atom. The monoisotopic (exact) mass is 314 g/mol. The summed E-state index contributed by atoms with van der Waals surface area (Å²) in [7, 11) is 0. The van der Waals surface area contributed by atoms with Crippen molar-refractivity contribution in [3.8, 4) is 5.75 Å². The van der Waals surface area contributed by atoms with Crippen molar-refractivity contribution in [1.29, 1.82) is 0 Å². The average molecular weight is 315 g/mol. The van der Waals surface area contributed by atoms with Crippen molar-refractivity contribution >= 4 is 23.1 Å². The molecule has 0 saturated carbocycles. The average Bonchev–Trinajstić information content (AvgIpc) is 2.32. The van der Waals surface area contributed by atoms with E-state index in [4.69, 9.17) is 4.74 Å². The second-order valence-electron chi connectivity index (χ2n) is 3.89. The maximum absolute atomic E-state index is 5.79. The van der Waals surface area contributed by atoms with Gasteiger partial charge in [-0.25, -0.2) is 0 Å². The van der Waals surface area contributed by atoms with Crippen molar-refractivity contribution in [2.45, 2.75) is 20.5 Å². The quantitative estimate of drug-likeness (QED) is 0.585. The number of hydrogen-bond acceptors (Lipinski definition) is 1. The van der Waals surface area contributed by atoms with Crippen LogP contribution >= 0.6 is 0 Å². The van der Waals surface area contributed by atoms with Crippen LogP contribution in [0.25, 0.3) is 0 Å². The van der Waals surface area contributed by atoms with Crippen LogP contribution in [0.15, 0.2) is 42.5 Å². The molecule has 0 unspecified atom stereocenters. The second kappa shape index (κ2) is 8.56. The van der Waals surface area contributed by atoms with Crippen molar-refractivity contribution in [3.05, 3.63) is 65.2 Å². The summed E-state index contributed by atoms with van der Waals surface area (Å²) in [5.74, 6) is 0.966. The van der Waals surface area contributed by atoms with Crippen LogP contribution in [0.1, 0.15) is 16.7 Å². The van der Waals surface area contributed by atoms with Crippen LogP contribution in [0, 0.1) is 19.9 Å². The van der Waals surface area contributed by atoms with Gasteiger partial charge < -0.3 is 21.7 Å². The van der Waals surface area contributed by atoms with Crippen LogP contribution < -0.4 is 21.7 Å². The van der Waals surface area contributed by atoms with Crippen LogP contribution in [0.2, 0.25) is 0 Å². The van der Waals surface area contributed by atoms with E-state index >= 15 is 0 Å². The Balaban J connectivity index is 0.00000144. The molecule has 0 atom stereocenters. The van der Waals surface area contributed by atoms with Crippen LogP contribution in [0.3, 0.4) is 0 Å². The fourth-order valence-corrected chi connectivity index (χ4v) is 1.56. The number of hydrogen-bond donors (Lipinski definition) is 0. The second-order valence-corrected chi connectivity index (χ2v) is 3.89. The van der Waals surface area contributed by atoms with Gasteiger partial charge >= 0.3 is 23.1 Å². The fraction of sp³-hybridized carbons (Fsp3) is 0.200. The van der Waals surface area contributed by atoms with Crippen molar-refractivity contribution in [1.82, 2.24) is 0 Å². The van der Waals surface area contributed by atoms with Crippen LogP contribution in [-0.4, -0.2) is 23.1 Å². The number of halogens is 1. The van der Waals surface area contributed by atoms with Crippen LogP contribution in [0.4, 0.5) is 0 Å². The van der Waals surface area contributed by atoms with Gasteiger partial charge in [0.25, 0.3) is 0 Å². The van der Waals surface area contributed by atoms with Crippen molar-refractivity contribution in [3.63, 3.8) is 0 Å². The molecule has 2 aromatic rings. The molecule has 18 heavy (non-hydrogen) atoms. The van der Waals surface area contributed by atoms with E-state index in [9.17, 15) is 0 Å². The molecule has 0 radical (unpaired) electrons. The Morgan fingerprint density at radius 3 is 2.39 bits per heavy atom. The molecule has 0 N–H and O–H groups in total. The minimum Gasteiger partial charge on any atom is -1.00 e. The van der Waals surface area contributed by atoms with Gasteiger partial charge in [0.15, 0.2) is 0 Å². The molecular weight excluding hydrogens is 300 g/mol. The van der Waals surface area contributed by atoms with E-state index in [0.29, 0.717) is 6.61 Å².